The molecule has 0 saturated carbocycles. The smallest absolute Gasteiger partial charge is 0.302 e. The SMILES string of the molecule is CC(=O)OC/C(C)=C/[C@H]1COC(C)(C)O1. The van der Waals surface area contributed by atoms with Crippen molar-refractivity contribution < 1.29 is 19.0 Å². The number of ether oxygens (including phenoxy) is 3. The molecule has 1 heterocycles. The molecule has 1 saturated heterocycles. The maximum Gasteiger partial charge on any atom is 0.302 e. The van der Waals surface area contributed by atoms with E-state index in [2.05, 4.69) is 0 Å². The summed E-state index contributed by atoms with van der Waals surface area (Å²) in [6.07, 6.45) is 1.88. The van der Waals surface area contributed by atoms with Gasteiger partial charge in [0.2, 0.25) is 0 Å². The Kier molecular flexibility index (Phi) is 3.88. The molecule has 0 amide bonds. The summed E-state index contributed by atoms with van der Waals surface area (Å²) in [6, 6.07) is 0. The Morgan fingerprint density at radius 2 is 2.20 bits per heavy atom. The first-order valence-corrected chi connectivity index (χ1v) is 5.01. The Morgan fingerprint density at radius 1 is 1.53 bits per heavy atom. The molecule has 0 N–H and O–H groups in total. The molecule has 0 aromatic heterocycles. The molecule has 1 aliphatic heterocycles. The van der Waals surface area contributed by atoms with Crippen LogP contribution in [-0.4, -0.2) is 31.1 Å². The Balaban J connectivity index is 2.39. The van der Waals surface area contributed by atoms with Crippen molar-refractivity contribution in [3.05, 3.63) is 11.6 Å². The van der Waals surface area contributed by atoms with Crippen molar-refractivity contribution in [3.63, 3.8) is 0 Å². The van der Waals surface area contributed by atoms with E-state index in [4.69, 9.17) is 14.2 Å². The molecule has 86 valence electrons. The first-order chi connectivity index (χ1) is 6.89. The van der Waals surface area contributed by atoms with Crippen molar-refractivity contribution in [2.75, 3.05) is 13.2 Å². The minimum absolute atomic E-state index is 0.0458. The molecule has 4 nitrogen and oxygen atoms in total. The van der Waals surface area contributed by atoms with E-state index >= 15 is 0 Å². The van der Waals surface area contributed by atoms with Gasteiger partial charge in [-0.15, -0.1) is 0 Å². The van der Waals surface area contributed by atoms with Gasteiger partial charge in [-0.2, -0.15) is 0 Å². The Hall–Kier alpha value is -0.870. The molecular formula is C11H18O4. The Morgan fingerprint density at radius 3 is 2.67 bits per heavy atom. The summed E-state index contributed by atoms with van der Waals surface area (Å²) in [4.78, 5) is 10.6. The van der Waals surface area contributed by atoms with Crippen LogP contribution in [0.4, 0.5) is 0 Å². The van der Waals surface area contributed by atoms with Crippen LogP contribution in [0.2, 0.25) is 0 Å². The minimum atomic E-state index is -0.511. The predicted molar refractivity (Wildman–Crippen MR) is 55.3 cm³/mol. The van der Waals surface area contributed by atoms with Crippen LogP contribution in [0.5, 0.6) is 0 Å². The van der Waals surface area contributed by atoms with Crippen LogP contribution in [0.1, 0.15) is 27.7 Å². The fourth-order valence-corrected chi connectivity index (χ4v) is 1.38. The van der Waals surface area contributed by atoms with Gasteiger partial charge in [0.05, 0.1) is 6.61 Å². The highest BCUT2D eigenvalue weighted by atomic mass is 16.7. The van der Waals surface area contributed by atoms with Gasteiger partial charge in [-0.1, -0.05) is 6.08 Å². The molecule has 0 spiro atoms. The van der Waals surface area contributed by atoms with Crippen molar-refractivity contribution in [1.29, 1.82) is 0 Å². The van der Waals surface area contributed by atoms with Gasteiger partial charge in [-0.05, 0) is 26.3 Å². The molecule has 0 aliphatic carbocycles. The highest BCUT2D eigenvalue weighted by Crippen LogP contribution is 2.23. The lowest BCUT2D eigenvalue weighted by Gasteiger charge is -2.16. The van der Waals surface area contributed by atoms with Crippen LogP contribution in [0.3, 0.4) is 0 Å². The first kappa shape index (κ1) is 12.2. The van der Waals surface area contributed by atoms with Crippen LogP contribution in [0, 0.1) is 0 Å². The van der Waals surface area contributed by atoms with E-state index in [0.717, 1.165) is 5.57 Å². The topological polar surface area (TPSA) is 44.8 Å². The first-order valence-electron chi connectivity index (χ1n) is 5.01. The van der Waals surface area contributed by atoms with E-state index < -0.39 is 5.79 Å². The van der Waals surface area contributed by atoms with Gasteiger partial charge in [0.1, 0.15) is 12.7 Å². The van der Waals surface area contributed by atoms with Gasteiger partial charge >= 0.3 is 5.97 Å². The Bertz CT molecular complexity index is 268. The summed E-state index contributed by atoms with van der Waals surface area (Å²) < 4.78 is 15.9. The highest BCUT2D eigenvalue weighted by molar-refractivity contribution is 5.66. The second kappa shape index (κ2) is 4.77. The summed E-state index contributed by atoms with van der Waals surface area (Å²) >= 11 is 0. The highest BCUT2D eigenvalue weighted by Gasteiger charge is 2.31. The van der Waals surface area contributed by atoms with E-state index in [9.17, 15) is 4.79 Å². The van der Waals surface area contributed by atoms with Gasteiger partial charge in [0, 0.05) is 6.92 Å². The van der Waals surface area contributed by atoms with Crippen molar-refractivity contribution in [1.82, 2.24) is 0 Å². The van der Waals surface area contributed by atoms with E-state index in [1.54, 1.807) is 0 Å². The van der Waals surface area contributed by atoms with E-state index in [-0.39, 0.29) is 12.1 Å². The number of carbonyl (C=O) groups is 1. The zero-order valence-corrected chi connectivity index (χ0v) is 9.70. The lowest BCUT2D eigenvalue weighted by Crippen LogP contribution is -2.21. The molecule has 0 aromatic carbocycles. The van der Waals surface area contributed by atoms with Crippen LogP contribution in [-0.2, 0) is 19.0 Å². The van der Waals surface area contributed by atoms with Crippen molar-refractivity contribution in [2.24, 2.45) is 0 Å². The fourth-order valence-electron chi connectivity index (χ4n) is 1.38. The molecule has 1 rings (SSSR count). The number of hydrogen-bond donors (Lipinski definition) is 0. The lowest BCUT2D eigenvalue weighted by atomic mass is 10.2. The van der Waals surface area contributed by atoms with Gasteiger partial charge in [0.15, 0.2) is 5.79 Å². The molecule has 1 atom stereocenters. The Labute approximate surface area is 90.2 Å². The summed E-state index contributed by atoms with van der Waals surface area (Å²) in [5, 5.41) is 0. The maximum absolute atomic E-state index is 10.6. The zero-order chi connectivity index (χ0) is 11.5. The van der Waals surface area contributed by atoms with Gasteiger partial charge in [-0.25, -0.2) is 0 Å². The molecule has 1 aliphatic rings. The molecular weight excluding hydrogens is 196 g/mol. The van der Waals surface area contributed by atoms with E-state index in [1.165, 1.54) is 6.92 Å². The normalized spacial score (nSPS) is 25.3. The van der Waals surface area contributed by atoms with E-state index in [1.807, 2.05) is 26.8 Å². The molecule has 15 heavy (non-hydrogen) atoms. The minimum Gasteiger partial charge on any atom is -0.461 e. The van der Waals surface area contributed by atoms with Gasteiger partial charge < -0.3 is 14.2 Å². The molecule has 1 fully saturated rings. The third-order valence-corrected chi connectivity index (χ3v) is 2.00. The lowest BCUT2D eigenvalue weighted by molar-refractivity contribution is -0.140. The number of esters is 1. The van der Waals surface area contributed by atoms with Crippen LogP contribution >= 0.6 is 0 Å². The quantitative estimate of drug-likeness (QED) is 0.529. The number of carbonyl (C=O) groups excluding carboxylic acids is 1. The largest absolute Gasteiger partial charge is 0.461 e. The summed E-state index contributed by atoms with van der Waals surface area (Å²) in [6.45, 7) is 7.91. The van der Waals surface area contributed by atoms with Gasteiger partial charge in [-0.3, -0.25) is 4.79 Å². The third kappa shape index (κ3) is 4.44. The van der Waals surface area contributed by atoms with Crippen molar-refractivity contribution in [2.45, 2.75) is 39.6 Å². The van der Waals surface area contributed by atoms with E-state index in [0.29, 0.717) is 13.2 Å². The summed E-state index contributed by atoms with van der Waals surface area (Å²) in [7, 11) is 0. The number of hydrogen-bond acceptors (Lipinski definition) is 4. The third-order valence-electron chi connectivity index (χ3n) is 2.00. The number of rotatable bonds is 3. The molecule has 0 unspecified atom stereocenters. The second-order valence-corrected chi connectivity index (χ2v) is 4.16. The average Bonchev–Trinajstić information content (AvgIpc) is 2.42. The van der Waals surface area contributed by atoms with Crippen LogP contribution in [0.15, 0.2) is 11.6 Å². The summed E-state index contributed by atoms with van der Waals surface area (Å²) in [5.74, 6) is -0.783. The second-order valence-electron chi connectivity index (χ2n) is 4.16. The molecule has 0 bridgehead atoms. The fraction of sp³-hybridized carbons (Fsp3) is 0.727. The molecule has 0 aromatic rings. The zero-order valence-electron chi connectivity index (χ0n) is 9.70. The molecule has 0 radical (unpaired) electrons. The van der Waals surface area contributed by atoms with Crippen LogP contribution in [0.25, 0.3) is 0 Å². The van der Waals surface area contributed by atoms with Crippen molar-refractivity contribution in [3.8, 4) is 0 Å². The average molecular weight is 214 g/mol. The molecule has 4 heteroatoms. The van der Waals surface area contributed by atoms with Gasteiger partial charge in [0.25, 0.3) is 0 Å². The predicted octanol–water partition coefficient (Wildman–Crippen LogP) is 1.65. The maximum atomic E-state index is 10.6. The van der Waals surface area contributed by atoms with Crippen LogP contribution < -0.4 is 0 Å². The monoisotopic (exact) mass is 214 g/mol. The summed E-state index contributed by atoms with van der Waals surface area (Å²) in [5.41, 5.74) is 0.969. The van der Waals surface area contributed by atoms with Crippen molar-refractivity contribution >= 4 is 5.97 Å². The standard InChI is InChI=1S/C11H18O4/c1-8(6-13-9(2)12)5-10-7-14-11(3,4)15-10/h5,10H,6-7H2,1-4H3/b8-5+/t10-/m0/s1.